The van der Waals surface area contributed by atoms with Crippen LogP contribution in [0.4, 0.5) is 4.79 Å². The van der Waals surface area contributed by atoms with E-state index in [1.165, 1.54) is 19.3 Å². The number of urea groups is 1. The predicted molar refractivity (Wildman–Crippen MR) is 56.7 cm³/mol. The van der Waals surface area contributed by atoms with Gasteiger partial charge in [-0.25, -0.2) is 4.79 Å². The minimum absolute atomic E-state index is 0.337. The van der Waals surface area contributed by atoms with Crippen molar-refractivity contribution in [3.8, 4) is 0 Å². The fourth-order valence-corrected chi connectivity index (χ4v) is 1.03. The van der Waals surface area contributed by atoms with Crippen LogP contribution in [0.5, 0.6) is 0 Å². The molecule has 0 saturated heterocycles. The van der Waals surface area contributed by atoms with Gasteiger partial charge in [0.15, 0.2) is 0 Å². The number of carbonyl (C=O) groups is 1. The predicted octanol–water partition coefficient (Wildman–Crippen LogP) is 1.72. The summed E-state index contributed by atoms with van der Waals surface area (Å²) in [7, 11) is 0. The molecule has 0 atom stereocenters. The van der Waals surface area contributed by atoms with E-state index in [1.807, 2.05) is 6.08 Å². The molecular formula is C10H20N2O2. The Morgan fingerprint density at radius 1 is 1.36 bits per heavy atom. The maximum absolute atomic E-state index is 10.7. The van der Waals surface area contributed by atoms with E-state index in [9.17, 15) is 4.79 Å². The van der Waals surface area contributed by atoms with Gasteiger partial charge in [0.25, 0.3) is 0 Å². The SMILES string of the molecule is CCCCCC/C=C/NC(=O)NCO. The van der Waals surface area contributed by atoms with Crippen molar-refractivity contribution in [2.75, 3.05) is 6.73 Å². The van der Waals surface area contributed by atoms with Crippen LogP contribution in [0, 0.1) is 0 Å². The Labute approximate surface area is 85.4 Å². The van der Waals surface area contributed by atoms with Crippen molar-refractivity contribution in [2.45, 2.75) is 39.0 Å². The lowest BCUT2D eigenvalue weighted by atomic mass is 10.1. The summed E-state index contributed by atoms with van der Waals surface area (Å²) in [5.74, 6) is 0. The summed E-state index contributed by atoms with van der Waals surface area (Å²) in [5.41, 5.74) is 0. The first-order valence-corrected chi connectivity index (χ1v) is 5.11. The number of nitrogens with one attached hydrogen (secondary N) is 2. The molecule has 0 aliphatic rings. The smallest absolute Gasteiger partial charge is 0.320 e. The van der Waals surface area contributed by atoms with Crippen molar-refractivity contribution >= 4 is 6.03 Å². The molecule has 0 aromatic heterocycles. The Kier molecular flexibility index (Phi) is 9.31. The maximum Gasteiger partial charge on any atom is 0.320 e. The molecule has 4 heteroatoms. The molecule has 0 heterocycles. The Balaban J connectivity index is 3.22. The first-order chi connectivity index (χ1) is 6.81. The van der Waals surface area contributed by atoms with E-state index in [-0.39, 0.29) is 12.8 Å². The van der Waals surface area contributed by atoms with Crippen LogP contribution in [-0.4, -0.2) is 17.9 Å². The summed E-state index contributed by atoms with van der Waals surface area (Å²) in [6.07, 6.45) is 9.42. The maximum atomic E-state index is 10.7. The van der Waals surface area contributed by atoms with Crippen molar-refractivity contribution in [3.05, 3.63) is 12.3 Å². The van der Waals surface area contributed by atoms with Gasteiger partial charge in [-0.3, -0.25) is 0 Å². The summed E-state index contributed by atoms with van der Waals surface area (Å²) in [5, 5.41) is 13.0. The molecule has 0 saturated carbocycles. The summed E-state index contributed by atoms with van der Waals surface area (Å²) in [6.45, 7) is 1.84. The highest BCUT2D eigenvalue weighted by molar-refractivity contribution is 5.74. The lowest BCUT2D eigenvalue weighted by Crippen LogP contribution is -2.32. The van der Waals surface area contributed by atoms with Crippen molar-refractivity contribution < 1.29 is 9.90 Å². The monoisotopic (exact) mass is 200 g/mol. The van der Waals surface area contributed by atoms with Gasteiger partial charge in [-0.15, -0.1) is 0 Å². The quantitative estimate of drug-likeness (QED) is 0.433. The number of hydrogen-bond donors (Lipinski definition) is 3. The molecule has 4 nitrogen and oxygen atoms in total. The molecule has 14 heavy (non-hydrogen) atoms. The van der Waals surface area contributed by atoms with Gasteiger partial charge in [-0.1, -0.05) is 32.3 Å². The second kappa shape index (κ2) is 10.1. The van der Waals surface area contributed by atoms with Crippen LogP contribution in [0.1, 0.15) is 39.0 Å². The van der Waals surface area contributed by atoms with Gasteiger partial charge in [0.2, 0.25) is 0 Å². The van der Waals surface area contributed by atoms with Gasteiger partial charge in [-0.05, 0) is 12.8 Å². The minimum Gasteiger partial charge on any atom is -0.376 e. The largest absolute Gasteiger partial charge is 0.376 e. The lowest BCUT2D eigenvalue weighted by molar-refractivity contribution is 0.220. The van der Waals surface area contributed by atoms with Crippen molar-refractivity contribution in [1.82, 2.24) is 10.6 Å². The van der Waals surface area contributed by atoms with E-state index < -0.39 is 0 Å². The number of carbonyl (C=O) groups excluding carboxylic acids is 1. The molecule has 0 aliphatic carbocycles. The number of amides is 2. The number of aliphatic hydroxyl groups is 1. The van der Waals surface area contributed by atoms with E-state index in [4.69, 9.17) is 5.11 Å². The van der Waals surface area contributed by atoms with Crippen LogP contribution in [-0.2, 0) is 0 Å². The minimum atomic E-state index is -0.377. The summed E-state index contributed by atoms with van der Waals surface area (Å²) in [6, 6.07) is -0.377. The Bertz CT molecular complexity index is 170. The molecule has 2 amide bonds. The fourth-order valence-electron chi connectivity index (χ4n) is 1.03. The molecule has 0 aromatic rings. The molecule has 0 radical (unpaired) electrons. The molecule has 82 valence electrons. The van der Waals surface area contributed by atoms with E-state index >= 15 is 0 Å². The molecule has 0 spiro atoms. The molecule has 0 aromatic carbocycles. The van der Waals surface area contributed by atoms with Crippen LogP contribution in [0.15, 0.2) is 12.3 Å². The van der Waals surface area contributed by atoms with Crippen LogP contribution >= 0.6 is 0 Å². The van der Waals surface area contributed by atoms with Crippen molar-refractivity contribution in [2.24, 2.45) is 0 Å². The number of hydrogen-bond acceptors (Lipinski definition) is 2. The van der Waals surface area contributed by atoms with E-state index in [0.717, 1.165) is 12.8 Å². The van der Waals surface area contributed by atoms with Crippen molar-refractivity contribution in [3.63, 3.8) is 0 Å². The first-order valence-electron chi connectivity index (χ1n) is 5.11. The number of aliphatic hydroxyl groups excluding tert-OH is 1. The highest BCUT2D eigenvalue weighted by Crippen LogP contribution is 2.02. The zero-order chi connectivity index (χ0) is 10.6. The molecule has 0 bridgehead atoms. The molecular weight excluding hydrogens is 180 g/mol. The lowest BCUT2D eigenvalue weighted by Gasteiger charge is -1.99. The van der Waals surface area contributed by atoms with Gasteiger partial charge in [0, 0.05) is 6.20 Å². The summed E-state index contributed by atoms with van der Waals surface area (Å²) in [4.78, 5) is 10.7. The van der Waals surface area contributed by atoms with Crippen molar-refractivity contribution in [1.29, 1.82) is 0 Å². The third-order valence-corrected chi connectivity index (χ3v) is 1.80. The zero-order valence-corrected chi connectivity index (χ0v) is 8.75. The molecule has 3 N–H and O–H groups in total. The average molecular weight is 200 g/mol. The second-order valence-corrected chi connectivity index (χ2v) is 3.06. The topological polar surface area (TPSA) is 61.4 Å². The van der Waals surface area contributed by atoms with Gasteiger partial charge in [0.05, 0.1) is 0 Å². The average Bonchev–Trinajstić information content (AvgIpc) is 2.17. The molecule has 0 fully saturated rings. The Morgan fingerprint density at radius 2 is 2.14 bits per heavy atom. The number of rotatable bonds is 7. The number of allylic oxidation sites excluding steroid dienone is 1. The van der Waals surface area contributed by atoms with Crippen LogP contribution in [0.25, 0.3) is 0 Å². The highest BCUT2D eigenvalue weighted by Gasteiger charge is 1.91. The zero-order valence-electron chi connectivity index (χ0n) is 8.75. The summed E-state index contributed by atoms with van der Waals surface area (Å²) >= 11 is 0. The van der Waals surface area contributed by atoms with E-state index in [2.05, 4.69) is 17.6 Å². The van der Waals surface area contributed by atoms with Gasteiger partial charge in [0.1, 0.15) is 6.73 Å². The van der Waals surface area contributed by atoms with Crippen LogP contribution in [0.2, 0.25) is 0 Å². The van der Waals surface area contributed by atoms with Gasteiger partial charge >= 0.3 is 6.03 Å². The fraction of sp³-hybridized carbons (Fsp3) is 0.700. The van der Waals surface area contributed by atoms with Crippen LogP contribution < -0.4 is 10.6 Å². The van der Waals surface area contributed by atoms with Gasteiger partial charge < -0.3 is 15.7 Å². The third kappa shape index (κ3) is 9.06. The molecule has 0 unspecified atom stereocenters. The number of unbranched alkanes of at least 4 members (excludes halogenated alkanes) is 4. The molecule has 0 aliphatic heterocycles. The van der Waals surface area contributed by atoms with E-state index in [0.29, 0.717) is 0 Å². The summed E-state index contributed by atoms with van der Waals surface area (Å²) < 4.78 is 0. The molecule has 0 rings (SSSR count). The van der Waals surface area contributed by atoms with E-state index in [1.54, 1.807) is 6.20 Å². The Morgan fingerprint density at radius 3 is 2.79 bits per heavy atom. The highest BCUT2D eigenvalue weighted by atomic mass is 16.3. The second-order valence-electron chi connectivity index (χ2n) is 3.06. The normalized spacial score (nSPS) is 10.4. The standard InChI is InChI=1S/C10H20N2O2/c1-2-3-4-5-6-7-8-11-10(14)12-9-13/h7-8,13H,2-6,9H2,1H3,(H2,11,12,14)/b8-7+. The van der Waals surface area contributed by atoms with Gasteiger partial charge in [-0.2, -0.15) is 0 Å². The third-order valence-electron chi connectivity index (χ3n) is 1.80. The Hall–Kier alpha value is -1.03. The van der Waals surface area contributed by atoms with Crippen LogP contribution in [0.3, 0.4) is 0 Å². The first kappa shape index (κ1) is 13.0.